The largest absolute Gasteiger partial charge is 0.488 e. The minimum absolute atomic E-state index is 0.0797. The van der Waals surface area contributed by atoms with Gasteiger partial charge >= 0.3 is 0 Å². The van der Waals surface area contributed by atoms with E-state index in [1.54, 1.807) is 0 Å². The molecule has 0 aliphatic rings. The normalized spacial score (nSPS) is 11.6. The average Bonchev–Trinajstić information content (AvgIpc) is 2.38. The van der Waals surface area contributed by atoms with E-state index in [4.69, 9.17) is 20.4 Å². The van der Waals surface area contributed by atoms with E-state index in [0.717, 1.165) is 0 Å². The summed E-state index contributed by atoms with van der Waals surface area (Å²) in [5, 5.41) is 11.4. The Kier molecular flexibility index (Phi) is 5.87. The molecule has 0 spiro atoms. The summed E-state index contributed by atoms with van der Waals surface area (Å²) in [7, 11) is 0. The minimum atomic E-state index is -0.601. The van der Waals surface area contributed by atoms with Crippen LogP contribution in [0, 0.1) is 5.82 Å². The summed E-state index contributed by atoms with van der Waals surface area (Å²) >= 11 is 3.04. The van der Waals surface area contributed by atoms with Gasteiger partial charge in [0.1, 0.15) is 6.61 Å². The van der Waals surface area contributed by atoms with Crippen molar-refractivity contribution in [3.05, 3.63) is 28.0 Å². The van der Waals surface area contributed by atoms with Crippen LogP contribution in [0.5, 0.6) is 5.75 Å². The van der Waals surface area contributed by atoms with E-state index in [0.29, 0.717) is 13.2 Å². The molecule has 5 nitrogen and oxygen atoms in total. The zero-order valence-corrected chi connectivity index (χ0v) is 11.4. The molecule has 1 aromatic rings. The Bertz CT molecular complexity index is 441. The van der Waals surface area contributed by atoms with Gasteiger partial charge in [-0.25, -0.2) is 4.39 Å². The third kappa shape index (κ3) is 3.58. The van der Waals surface area contributed by atoms with Crippen LogP contribution in [0.4, 0.5) is 4.39 Å². The molecule has 0 aliphatic carbocycles. The second-order valence-corrected chi connectivity index (χ2v) is 4.06. The first-order chi connectivity index (χ1) is 8.61. The molecule has 18 heavy (non-hydrogen) atoms. The van der Waals surface area contributed by atoms with Gasteiger partial charge in [0.25, 0.3) is 0 Å². The molecule has 3 N–H and O–H groups in total. The average molecular weight is 321 g/mol. The minimum Gasteiger partial charge on any atom is -0.488 e. The number of nitrogens with zero attached hydrogens (tertiary/aromatic N) is 1. The summed E-state index contributed by atoms with van der Waals surface area (Å²) in [5.74, 6) is -0.701. The molecule has 0 aromatic heterocycles. The smallest absolute Gasteiger partial charge is 0.179 e. The van der Waals surface area contributed by atoms with Gasteiger partial charge < -0.3 is 20.4 Å². The zero-order valence-electron chi connectivity index (χ0n) is 9.82. The van der Waals surface area contributed by atoms with Crippen molar-refractivity contribution in [2.45, 2.75) is 6.92 Å². The highest BCUT2D eigenvalue weighted by molar-refractivity contribution is 9.10. The summed E-state index contributed by atoms with van der Waals surface area (Å²) in [4.78, 5) is 0. The summed E-state index contributed by atoms with van der Waals surface area (Å²) in [6.45, 7) is 3.08. The van der Waals surface area contributed by atoms with E-state index in [1.165, 1.54) is 12.1 Å². The van der Waals surface area contributed by atoms with Gasteiger partial charge in [0.05, 0.1) is 11.1 Å². The van der Waals surface area contributed by atoms with Crippen molar-refractivity contribution < 1.29 is 19.1 Å². The molecule has 0 unspecified atom stereocenters. The van der Waals surface area contributed by atoms with Gasteiger partial charge in [-0.05, 0) is 35.0 Å². The fourth-order valence-electron chi connectivity index (χ4n) is 1.25. The Morgan fingerprint density at radius 1 is 1.50 bits per heavy atom. The van der Waals surface area contributed by atoms with Crippen LogP contribution in [0.15, 0.2) is 21.8 Å². The first kappa shape index (κ1) is 14.7. The maximum absolute atomic E-state index is 13.9. The molecule has 0 radical (unpaired) electrons. The Morgan fingerprint density at radius 3 is 2.83 bits per heavy atom. The summed E-state index contributed by atoms with van der Waals surface area (Å²) < 4.78 is 24.2. The molecule has 1 rings (SSSR count). The van der Waals surface area contributed by atoms with Gasteiger partial charge in [-0.3, -0.25) is 0 Å². The second-order valence-electron chi connectivity index (χ2n) is 3.27. The molecule has 0 atom stereocenters. The number of nitrogens with two attached hydrogens (primary N) is 1. The number of amidine groups is 1. The maximum Gasteiger partial charge on any atom is 0.179 e. The lowest BCUT2D eigenvalue weighted by atomic mass is 10.2. The summed E-state index contributed by atoms with van der Waals surface area (Å²) in [6, 6.07) is 2.91. The number of rotatable bonds is 6. The van der Waals surface area contributed by atoms with Gasteiger partial charge in [0.15, 0.2) is 17.4 Å². The molecule has 0 amide bonds. The molecule has 0 saturated carbocycles. The molecule has 0 saturated heterocycles. The lowest BCUT2D eigenvalue weighted by Gasteiger charge is -2.10. The number of hydrogen-bond acceptors (Lipinski definition) is 4. The van der Waals surface area contributed by atoms with Gasteiger partial charge in [-0.15, -0.1) is 0 Å². The van der Waals surface area contributed by atoms with Crippen molar-refractivity contribution in [2.24, 2.45) is 10.9 Å². The molecular weight excluding hydrogens is 307 g/mol. The van der Waals surface area contributed by atoms with Gasteiger partial charge in [-0.1, -0.05) is 5.16 Å². The van der Waals surface area contributed by atoms with Crippen LogP contribution in [-0.4, -0.2) is 30.9 Å². The predicted octanol–water partition coefficient (Wildman–Crippen LogP) is 2.10. The Morgan fingerprint density at radius 2 is 2.22 bits per heavy atom. The highest BCUT2D eigenvalue weighted by atomic mass is 79.9. The molecular formula is C11H14BrFN2O3. The highest BCUT2D eigenvalue weighted by Gasteiger charge is 2.14. The number of oxime groups is 1. The van der Waals surface area contributed by atoms with Crippen LogP contribution in [0.25, 0.3) is 0 Å². The van der Waals surface area contributed by atoms with Crippen molar-refractivity contribution in [2.75, 3.05) is 19.8 Å². The van der Waals surface area contributed by atoms with E-state index in [-0.39, 0.29) is 28.2 Å². The number of hydrogen-bond donors (Lipinski definition) is 2. The SMILES string of the molecule is CCOCCOc1ccc(/C(N)=N/O)c(Br)c1F. The molecule has 0 heterocycles. The Hall–Kier alpha value is -1.34. The van der Waals surface area contributed by atoms with Crippen LogP contribution in [-0.2, 0) is 4.74 Å². The third-order valence-corrected chi connectivity index (χ3v) is 2.90. The van der Waals surface area contributed by atoms with Crippen molar-refractivity contribution in [3.63, 3.8) is 0 Å². The number of halogens is 2. The van der Waals surface area contributed by atoms with Crippen molar-refractivity contribution in [3.8, 4) is 5.75 Å². The first-order valence-corrected chi connectivity index (χ1v) is 6.07. The molecule has 0 bridgehead atoms. The van der Waals surface area contributed by atoms with Crippen LogP contribution in [0.2, 0.25) is 0 Å². The zero-order chi connectivity index (χ0) is 13.5. The highest BCUT2D eigenvalue weighted by Crippen LogP contribution is 2.28. The van der Waals surface area contributed by atoms with Crippen LogP contribution < -0.4 is 10.5 Å². The van der Waals surface area contributed by atoms with E-state index >= 15 is 0 Å². The van der Waals surface area contributed by atoms with Crippen LogP contribution in [0.1, 0.15) is 12.5 Å². The van der Waals surface area contributed by atoms with Gasteiger partial charge in [-0.2, -0.15) is 0 Å². The van der Waals surface area contributed by atoms with E-state index in [1.807, 2.05) is 6.92 Å². The Labute approximate surface area is 112 Å². The standard InChI is InChI=1S/C11H14BrFN2O3/c1-2-17-5-6-18-8-4-3-7(11(14)15-16)9(12)10(8)13/h3-4,16H,2,5-6H2,1H3,(H2,14,15). The quantitative estimate of drug-likeness (QED) is 0.277. The first-order valence-electron chi connectivity index (χ1n) is 5.28. The van der Waals surface area contributed by atoms with Crippen LogP contribution >= 0.6 is 15.9 Å². The van der Waals surface area contributed by atoms with Crippen molar-refractivity contribution in [1.29, 1.82) is 0 Å². The van der Waals surface area contributed by atoms with E-state index in [2.05, 4.69) is 21.1 Å². The molecule has 0 fully saturated rings. The second kappa shape index (κ2) is 7.17. The summed E-state index contributed by atoms with van der Waals surface area (Å²) in [6.07, 6.45) is 0. The van der Waals surface area contributed by atoms with Crippen molar-refractivity contribution in [1.82, 2.24) is 0 Å². The van der Waals surface area contributed by atoms with E-state index in [9.17, 15) is 4.39 Å². The lowest BCUT2D eigenvalue weighted by Crippen LogP contribution is -2.15. The maximum atomic E-state index is 13.9. The third-order valence-electron chi connectivity index (χ3n) is 2.12. The van der Waals surface area contributed by atoms with E-state index < -0.39 is 5.82 Å². The number of ether oxygens (including phenoxy) is 2. The fraction of sp³-hybridized carbons (Fsp3) is 0.364. The van der Waals surface area contributed by atoms with Crippen LogP contribution in [0.3, 0.4) is 0 Å². The van der Waals surface area contributed by atoms with Gasteiger partial charge in [0, 0.05) is 12.2 Å². The van der Waals surface area contributed by atoms with Gasteiger partial charge in [0.2, 0.25) is 0 Å². The topological polar surface area (TPSA) is 77.1 Å². The number of benzene rings is 1. The fourth-order valence-corrected chi connectivity index (χ4v) is 1.78. The molecule has 100 valence electrons. The Balaban J connectivity index is 2.81. The lowest BCUT2D eigenvalue weighted by molar-refractivity contribution is 0.108. The predicted molar refractivity (Wildman–Crippen MR) is 68.6 cm³/mol. The molecule has 7 heteroatoms. The summed E-state index contributed by atoms with van der Waals surface area (Å²) in [5.41, 5.74) is 5.65. The molecule has 1 aromatic carbocycles. The van der Waals surface area contributed by atoms with Crippen molar-refractivity contribution >= 4 is 21.8 Å². The monoisotopic (exact) mass is 320 g/mol. The molecule has 0 aliphatic heterocycles.